The monoisotopic (exact) mass is 456 g/mol. The minimum atomic E-state index is -1.13. The number of nitrogens with one attached hydrogen (secondary N) is 2. The lowest BCUT2D eigenvalue weighted by molar-refractivity contribution is 0.536. The average Bonchev–Trinajstić information content (AvgIpc) is 3.39. The van der Waals surface area contributed by atoms with Crippen molar-refractivity contribution in [1.29, 1.82) is 10.8 Å². The maximum Gasteiger partial charge on any atom is 0.148 e. The first-order chi connectivity index (χ1) is 16.1. The van der Waals surface area contributed by atoms with E-state index in [2.05, 4.69) is 10.1 Å². The first kappa shape index (κ1) is 21.4. The van der Waals surface area contributed by atoms with Crippen LogP contribution in [-0.2, 0) is 17.4 Å². The lowest BCUT2D eigenvalue weighted by atomic mass is 10.1. The SMILES string of the molecule is N=C(Cc1ccc2ncccc2c1)n1nc(-c2ccc(S(=O)N3CCCC3)cc2)ccc1=N. The maximum atomic E-state index is 12.7. The smallest absolute Gasteiger partial charge is 0.148 e. The zero-order chi connectivity index (χ0) is 22.8. The predicted octanol–water partition coefficient (Wildman–Crippen LogP) is 3.76. The zero-order valence-corrected chi connectivity index (χ0v) is 18.9. The Labute approximate surface area is 194 Å². The third kappa shape index (κ3) is 4.53. The molecule has 166 valence electrons. The molecule has 0 saturated carbocycles. The summed E-state index contributed by atoms with van der Waals surface area (Å²) in [6.45, 7) is 1.74. The Morgan fingerprint density at radius 2 is 1.79 bits per heavy atom. The number of hydrogen-bond donors (Lipinski definition) is 2. The van der Waals surface area contributed by atoms with Gasteiger partial charge in [0.2, 0.25) is 0 Å². The fourth-order valence-corrected chi connectivity index (χ4v) is 5.29. The molecule has 3 heterocycles. The molecule has 4 aromatic rings. The van der Waals surface area contributed by atoms with Crippen LogP contribution in [0.4, 0.5) is 0 Å². The van der Waals surface area contributed by atoms with Gasteiger partial charge in [-0.3, -0.25) is 15.8 Å². The number of hydrogen-bond acceptors (Lipinski definition) is 5. The lowest BCUT2D eigenvalue weighted by Gasteiger charge is -2.14. The number of nitrogens with zero attached hydrogens (tertiary/aromatic N) is 4. The van der Waals surface area contributed by atoms with Gasteiger partial charge in [-0.1, -0.05) is 24.3 Å². The lowest BCUT2D eigenvalue weighted by Crippen LogP contribution is -2.30. The number of benzene rings is 2. The molecule has 2 aromatic heterocycles. The van der Waals surface area contributed by atoms with Crippen molar-refractivity contribution in [3.63, 3.8) is 0 Å². The minimum absolute atomic E-state index is 0.151. The molecule has 1 fully saturated rings. The third-order valence-electron chi connectivity index (χ3n) is 5.78. The summed E-state index contributed by atoms with van der Waals surface area (Å²) in [5.41, 5.74) is 3.55. The van der Waals surface area contributed by atoms with E-state index in [1.165, 1.54) is 4.68 Å². The van der Waals surface area contributed by atoms with Crippen LogP contribution in [0.25, 0.3) is 22.2 Å². The summed E-state index contributed by atoms with van der Waals surface area (Å²) in [6.07, 6.45) is 4.30. The molecule has 0 spiro atoms. The van der Waals surface area contributed by atoms with Crippen molar-refractivity contribution in [2.45, 2.75) is 24.2 Å². The van der Waals surface area contributed by atoms with Crippen LogP contribution in [0.15, 0.2) is 77.8 Å². The standard InChI is InChI=1S/C25H24N6OS/c26-24-12-11-23(19-6-8-21(9-7-19)33(32)30-14-1-2-15-30)29-31(24)25(27)17-18-5-10-22-20(16-18)4-3-13-28-22/h3-13,16,26-27H,1-2,14-15,17H2. The van der Waals surface area contributed by atoms with Gasteiger partial charge in [-0.15, -0.1) is 0 Å². The van der Waals surface area contributed by atoms with E-state index in [1.54, 1.807) is 18.3 Å². The van der Waals surface area contributed by atoms with Crippen molar-refractivity contribution in [2.24, 2.45) is 0 Å². The van der Waals surface area contributed by atoms with E-state index in [0.29, 0.717) is 12.1 Å². The van der Waals surface area contributed by atoms with Crippen LogP contribution < -0.4 is 5.49 Å². The maximum absolute atomic E-state index is 12.7. The van der Waals surface area contributed by atoms with Gasteiger partial charge in [0.25, 0.3) is 0 Å². The van der Waals surface area contributed by atoms with Crippen LogP contribution in [0.5, 0.6) is 0 Å². The van der Waals surface area contributed by atoms with E-state index >= 15 is 0 Å². The van der Waals surface area contributed by atoms with Crippen molar-refractivity contribution in [2.75, 3.05) is 13.1 Å². The molecule has 7 nitrogen and oxygen atoms in total. The van der Waals surface area contributed by atoms with Crippen LogP contribution in [0.3, 0.4) is 0 Å². The van der Waals surface area contributed by atoms with Crippen LogP contribution in [0.1, 0.15) is 18.4 Å². The Bertz CT molecular complexity index is 1410. The molecule has 8 heteroatoms. The fraction of sp³-hybridized carbons (Fsp3) is 0.200. The van der Waals surface area contributed by atoms with Gasteiger partial charge in [-0.05, 0) is 60.9 Å². The molecule has 33 heavy (non-hydrogen) atoms. The fourth-order valence-electron chi connectivity index (χ4n) is 4.03. The van der Waals surface area contributed by atoms with Crippen LogP contribution in [-0.4, -0.2) is 42.2 Å². The third-order valence-corrected chi connectivity index (χ3v) is 7.29. The Morgan fingerprint density at radius 3 is 2.58 bits per heavy atom. The van der Waals surface area contributed by atoms with Gasteiger partial charge in [0.05, 0.1) is 16.1 Å². The molecule has 0 aliphatic carbocycles. The van der Waals surface area contributed by atoms with Gasteiger partial charge in [0, 0.05) is 36.7 Å². The summed E-state index contributed by atoms with van der Waals surface area (Å²) >= 11 is 0. The Hall–Kier alpha value is -3.49. The number of rotatable bonds is 5. The number of fused-ring (bicyclic) bond motifs is 1. The van der Waals surface area contributed by atoms with Crippen molar-refractivity contribution < 1.29 is 4.21 Å². The summed E-state index contributed by atoms with van der Waals surface area (Å²) in [5, 5.41) is 22.4. The second-order valence-electron chi connectivity index (χ2n) is 8.08. The molecular formula is C25H24N6OS. The molecule has 1 aliphatic rings. The van der Waals surface area contributed by atoms with Gasteiger partial charge in [-0.25, -0.2) is 13.2 Å². The van der Waals surface area contributed by atoms with Gasteiger partial charge in [-0.2, -0.15) is 5.10 Å². The van der Waals surface area contributed by atoms with Crippen LogP contribution >= 0.6 is 0 Å². The quantitative estimate of drug-likeness (QED) is 0.353. The molecule has 0 amide bonds. The summed E-state index contributed by atoms with van der Waals surface area (Å²) < 4.78 is 16.1. The number of pyridine rings is 1. The largest absolute Gasteiger partial charge is 0.286 e. The predicted molar refractivity (Wildman–Crippen MR) is 129 cm³/mol. The normalized spacial score (nSPS) is 15.0. The summed E-state index contributed by atoms with van der Waals surface area (Å²) in [6, 6.07) is 20.8. The molecule has 2 aromatic carbocycles. The first-order valence-corrected chi connectivity index (χ1v) is 12.0. The zero-order valence-electron chi connectivity index (χ0n) is 18.1. The van der Waals surface area contributed by atoms with Gasteiger partial charge >= 0.3 is 0 Å². The van der Waals surface area contributed by atoms with E-state index in [-0.39, 0.29) is 11.3 Å². The molecule has 5 rings (SSSR count). The van der Waals surface area contributed by atoms with Crippen molar-refractivity contribution >= 4 is 27.7 Å². The molecular weight excluding hydrogens is 432 g/mol. The van der Waals surface area contributed by atoms with Gasteiger partial charge in [0.15, 0.2) is 0 Å². The summed E-state index contributed by atoms with van der Waals surface area (Å²) in [4.78, 5) is 5.12. The highest BCUT2D eigenvalue weighted by Gasteiger charge is 2.19. The highest BCUT2D eigenvalue weighted by Crippen LogP contribution is 2.21. The average molecular weight is 457 g/mol. The van der Waals surface area contributed by atoms with E-state index in [9.17, 15) is 4.21 Å². The summed E-state index contributed by atoms with van der Waals surface area (Å²) in [5.74, 6) is 0.219. The Kier molecular flexibility index (Phi) is 5.93. The van der Waals surface area contributed by atoms with Gasteiger partial charge in [0.1, 0.15) is 22.3 Å². The van der Waals surface area contributed by atoms with E-state index < -0.39 is 11.0 Å². The topological polar surface area (TPSA) is 98.7 Å². The van der Waals surface area contributed by atoms with Gasteiger partial charge < -0.3 is 0 Å². The molecule has 0 radical (unpaired) electrons. The van der Waals surface area contributed by atoms with Crippen LogP contribution in [0, 0.1) is 10.8 Å². The van der Waals surface area contributed by atoms with E-state index in [4.69, 9.17) is 10.8 Å². The molecule has 1 unspecified atom stereocenters. The minimum Gasteiger partial charge on any atom is -0.286 e. The molecule has 2 N–H and O–H groups in total. The first-order valence-electron chi connectivity index (χ1n) is 10.9. The van der Waals surface area contributed by atoms with Crippen molar-refractivity contribution in [1.82, 2.24) is 19.1 Å². The van der Waals surface area contributed by atoms with E-state index in [0.717, 1.165) is 52.9 Å². The summed E-state index contributed by atoms with van der Waals surface area (Å²) in [7, 11) is -1.13. The molecule has 0 bridgehead atoms. The van der Waals surface area contributed by atoms with E-state index in [1.807, 2.05) is 58.9 Å². The van der Waals surface area contributed by atoms with Crippen molar-refractivity contribution in [3.8, 4) is 11.3 Å². The highest BCUT2D eigenvalue weighted by atomic mass is 32.2. The second kappa shape index (κ2) is 9.17. The van der Waals surface area contributed by atoms with Crippen LogP contribution in [0.2, 0.25) is 0 Å². The molecule has 1 aliphatic heterocycles. The Balaban J connectivity index is 1.37. The number of aromatic nitrogens is 3. The van der Waals surface area contributed by atoms with Crippen molar-refractivity contribution in [3.05, 3.63) is 84.0 Å². The highest BCUT2D eigenvalue weighted by molar-refractivity contribution is 7.82. The Morgan fingerprint density at radius 1 is 1.00 bits per heavy atom. The second-order valence-corrected chi connectivity index (χ2v) is 9.57. The molecule has 1 atom stereocenters. The molecule has 1 saturated heterocycles.